The molecule has 0 bridgehead atoms. The summed E-state index contributed by atoms with van der Waals surface area (Å²) in [5.41, 5.74) is 3.26. The van der Waals surface area contributed by atoms with E-state index in [1.165, 1.54) is 25.1 Å². The first-order chi connectivity index (χ1) is 23.7. The highest BCUT2D eigenvalue weighted by atomic mass is 32.2. The number of amides is 2. The standard InChI is InChI=1S/C35H44FN5O8S/c1-20-16-28(40-15-14-39(5)22(17-40)19-47-6)21(2)31-29(20)24-12-13-41(18-27(24)35(44)49-31)34(43)25-10-11-26(33(42)37-50(45,46)38(3)4)32(30(25)36)48-23-8-7-9-23/h10-11,16,22-23H,7-9,12-15,17-19H2,1-6H3,(H,37,42)/t22-/m1/s1. The minimum absolute atomic E-state index is 0.0919. The van der Waals surface area contributed by atoms with Gasteiger partial charge in [0.25, 0.3) is 11.8 Å². The van der Waals surface area contributed by atoms with E-state index in [1.54, 1.807) is 7.11 Å². The van der Waals surface area contributed by atoms with E-state index in [9.17, 15) is 22.8 Å². The molecule has 3 aliphatic rings. The van der Waals surface area contributed by atoms with Gasteiger partial charge < -0.3 is 23.7 Å². The number of hydrogen-bond donors (Lipinski definition) is 1. The van der Waals surface area contributed by atoms with Gasteiger partial charge in [0, 0.05) is 64.0 Å². The van der Waals surface area contributed by atoms with Gasteiger partial charge in [-0.15, -0.1) is 0 Å². The molecule has 1 atom stereocenters. The Labute approximate surface area is 291 Å². The number of piperazine rings is 1. The van der Waals surface area contributed by atoms with E-state index in [2.05, 4.69) is 22.9 Å². The Morgan fingerprint density at radius 1 is 1.10 bits per heavy atom. The Hall–Kier alpha value is -4.05. The number of carbonyl (C=O) groups is 2. The molecule has 0 unspecified atom stereocenters. The lowest BCUT2D eigenvalue weighted by molar-refractivity contribution is 0.0721. The van der Waals surface area contributed by atoms with Crippen LogP contribution in [-0.4, -0.2) is 108 Å². The molecule has 0 spiro atoms. The van der Waals surface area contributed by atoms with Crippen LogP contribution in [-0.2, 0) is 27.9 Å². The van der Waals surface area contributed by atoms with E-state index < -0.39 is 39.2 Å². The van der Waals surface area contributed by atoms with Crippen molar-refractivity contribution in [2.24, 2.45) is 0 Å². The number of aryl methyl sites for hydroxylation is 2. The van der Waals surface area contributed by atoms with Crippen molar-refractivity contribution in [3.8, 4) is 5.75 Å². The van der Waals surface area contributed by atoms with E-state index in [4.69, 9.17) is 13.9 Å². The SMILES string of the molecule is COC[C@H]1CN(c2cc(C)c3c4c(c(=O)oc3c2C)CN(C(=O)c2ccc(C(=O)NS(=O)(=O)N(C)C)c(OC3CCC3)c2F)CC4)CCN1C. The molecular formula is C35H44FN5O8S. The number of anilines is 1. The maximum absolute atomic E-state index is 16.2. The number of methoxy groups -OCH3 is 1. The van der Waals surface area contributed by atoms with Crippen molar-refractivity contribution in [3.05, 3.63) is 67.8 Å². The zero-order valence-corrected chi connectivity index (χ0v) is 30.1. The first kappa shape index (κ1) is 35.8. The number of ether oxygens (including phenoxy) is 2. The number of nitrogens with zero attached hydrogens (tertiary/aromatic N) is 4. The van der Waals surface area contributed by atoms with Crippen LogP contribution in [0.2, 0.25) is 0 Å². The first-order valence-electron chi connectivity index (χ1n) is 16.8. The number of rotatable bonds is 9. The fourth-order valence-electron chi connectivity index (χ4n) is 6.90. The van der Waals surface area contributed by atoms with Gasteiger partial charge in [0.2, 0.25) is 0 Å². The van der Waals surface area contributed by atoms with Gasteiger partial charge in [0.15, 0.2) is 11.6 Å². The third kappa shape index (κ3) is 6.59. The highest BCUT2D eigenvalue weighted by Crippen LogP contribution is 2.37. The van der Waals surface area contributed by atoms with Crippen LogP contribution in [0.3, 0.4) is 0 Å². The largest absolute Gasteiger partial charge is 0.486 e. The lowest BCUT2D eigenvalue weighted by Gasteiger charge is -2.41. The first-order valence-corrected chi connectivity index (χ1v) is 18.2. The molecule has 6 rings (SSSR count). The van der Waals surface area contributed by atoms with Gasteiger partial charge >= 0.3 is 15.8 Å². The highest BCUT2D eigenvalue weighted by molar-refractivity contribution is 7.87. The third-order valence-electron chi connectivity index (χ3n) is 10.2. The molecule has 2 aliphatic heterocycles. The van der Waals surface area contributed by atoms with Crippen molar-refractivity contribution < 1.29 is 36.3 Å². The lowest BCUT2D eigenvalue weighted by Crippen LogP contribution is -2.53. The molecule has 3 heterocycles. The number of fused-ring (bicyclic) bond motifs is 3. The number of likely N-dealkylation sites (N-methyl/N-ethyl adjacent to an activating group) is 1. The molecule has 2 amide bonds. The van der Waals surface area contributed by atoms with Crippen LogP contribution in [0.1, 0.15) is 62.2 Å². The highest BCUT2D eigenvalue weighted by Gasteiger charge is 2.34. The summed E-state index contributed by atoms with van der Waals surface area (Å²) >= 11 is 0. The molecule has 1 saturated carbocycles. The number of benzene rings is 2. The monoisotopic (exact) mass is 713 g/mol. The number of halogens is 1. The number of hydrogen-bond acceptors (Lipinski definition) is 10. The Morgan fingerprint density at radius 2 is 1.82 bits per heavy atom. The summed E-state index contributed by atoms with van der Waals surface area (Å²) in [4.78, 5) is 46.3. The molecule has 1 aliphatic carbocycles. The zero-order valence-electron chi connectivity index (χ0n) is 29.3. The summed E-state index contributed by atoms with van der Waals surface area (Å²) in [5, 5.41) is 0.848. The second kappa shape index (κ2) is 13.9. The molecule has 0 radical (unpaired) electrons. The molecule has 1 N–H and O–H groups in total. The van der Waals surface area contributed by atoms with Crippen LogP contribution in [0.25, 0.3) is 11.0 Å². The fraction of sp³-hybridized carbons (Fsp3) is 0.514. The minimum Gasteiger partial charge on any atom is -0.486 e. The van der Waals surface area contributed by atoms with Gasteiger partial charge in [-0.1, -0.05) is 0 Å². The predicted octanol–water partition coefficient (Wildman–Crippen LogP) is 2.98. The van der Waals surface area contributed by atoms with Gasteiger partial charge in [0.1, 0.15) is 5.58 Å². The zero-order chi connectivity index (χ0) is 36.1. The smallest absolute Gasteiger partial charge is 0.341 e. The van der Waals surface area contributed by atoms with Crippen molar-refractivity contribution in [1.82, 2.24) is 18.8 Å². The predicted molar refractivity (Wildman–Crippen MR) is 186 cm³/mol. The number of nitrogens with one attached hydrogen (secondary N) is 1. The molecule has 2 fully saturated rings. The topological polar surface area (TPSA) is 142 Å². The van der Waals surface area contributed by atoms with Crippen LogP contribution in [0.5, 0.6) is 5.75 Å². The summed E-state index contributed by atoms with van der Waals surface area (Å²) < 4.78 is 60.8. The van der Waals surface area contributed by atoms with Crippen LogP contribution >= 0.6 is 0 Å². The van der Waals surface area contributed by atoms with E-state index in [-0.39, 0.29) is 36.4 Å². The van der Waals surface area contributed by atoms with Gasteiger partial charge in [0.05, 0.1) is 42.0 Å². The van der Waals surface area contributed by atoms with Crippen LogP contribution in [0, 0.1) is 19.7 Å². The summed E-state index contributed by atoms with van der Waals surface area (Å²) in [5.74, 6) is -3.32. The summed E-state index contributed by atoms with van der Waals surface area (Å²) in [7, 11) is 2.11. The maximum Gasteiger partial charge on any atom is 0.341 e. The fourth-order valence-corrected chi connectivity index (χ4v) is 7.42. The van der Waals surface area contributed by atoms with E-state index in [0.717, 1.165) is 64.2 Å². The molecular weight excluding hydrogens is 669 g/mol. The maximum atomic E-state index is 16.2. The molecule has 15 heteroatoms. The third-order valence-corrected chi connectivity index (χ3v) is 11.6. The lowest BCUT2D eigenvalue weighted by atomic mass is 9.92. The van der Waals surface area contributed by atoms with Crippen molar-refractivity contribution >= 4 is 38.7 Å². The van der Waals surface area contributed by atoms with Crippen molar-refractivity contribution in [3.63, 3.8) is 0 Å². The quantitative estimate of drug-likeness (QED) is 0.329. The Morgan fingerprint density at radius 3 is 2.48 bits per heavy atom. The van der Waals surface area contributed by atoms with E-state index in [1.807, 2.05) is 18.6 Å². The summed E-state index contributed by atoms with van der Waals surface area (Å²) in [6.45, 7) is 7.13. The second-order valence-electron chi connectivity index (χ2n) is 13.6. The molecule has 1 aromatic heterocycles. The van der Waals surface area contributed by atoms with Gasteiger partial charge in [-0.3, -0.25) is 14.5 Å². The average Bonchev–Trinajstić information content (AvgIpc) is 3.05. The Bertz CT molecular complexity index is 2010. The number of carbonyl (C=O) groups excluding carboxylic acids is 2. The van der Waals surface area contributed by atoms with Crippen LogP contribution < -0.4 is 20.0 Å². The van der Waals surface area contributed by atoms with E-state index >= 15 is 4.39 Å². The van der Waals surface area contributed by atoms with Crippen LogP contribution in [0.4, 0.5) is 10.1 Å². The molecule has 3 aromatic rings. The summed E-state index contributed by atoms with van der Waals surface area (Å²) in [6, 6.07) is 4.68. The molecule has 2 aromatic carbocycles. The molecule has 13 nitrogen and oxygen atoms in total. The van der Waals surface area contributed by atoms with Gasteiger partial charge in [-0.05, 0) is 75.9 Å². The van der Waals surface area contributed by atoms with E-state index in [0.29, 0.717) is 37.0 Å². The average molecular weight is 714 g/mol. The summed E-state index contributed by atoms with van der Waals surface area (Å²) in [6.07, 6.45) is 2.10. The normalized spacial score (nSPS) is 18.7. The van der Waals surface area contributed by atoms with Crippen molar-refractivity contribution in [2.75, 3.05) is 65.9 Å². The van der Waals surface area contributed by atoms with Gasteiger partial charge in [-0.2, -0.15) is 12.7 Å². The minimum atomic E-state index is -4.17. The van der Waals surface area contributed by atoms with Gasteiger partial charge in [-0.25, -0.2) is 13.9 Å². The second-order valence-corrected chi connectivity index (χ2v) is 15.5. The van der Waals surface area contributed by atoms with Crippen LogP contribution in [0.15, 0.2) is 27.4 Å². The van der Waals surface area contributed by atoms with Crippen molar-refractivity contribution in [2.45, 2.75) is 58.2 Å². The molecule has 50 heavy (non-hydrogen) atoms. The Balaban J connectivity index is 1.30. The van der Waals surface area contributed by atoms with Crippen molar-refractivity contribution in [1.29, 1.82) is 0 Å². The Kier molecular flexibility index (Phi) is 9.96. The molecule has 270 valence electrons. The molecule has 1 saturated heterocycles.